The Morgan fingerprint density at radius 2 is 1.97 bits per heavy atom. The van der Waals surface area contributed by atoms with Crippen molar-refractivity contribution < 1.29 is 37.7 Å². The number of hydroxylamine groups is 1. The van der Waals surface area contributed by atoms with Gasteiger partial charge >= 0.3 is 19.8 Å². The van der Waals surface area contributed by atoms with Gasteiger partial charge in [-0.15, -0.1) is 0 Å². The Hall–Kier alpha value is -2.83. The summed E-state index contributed by atoms with van der Waals surface area (Å²) in [6.07, 6.45) is -3.99. The molecule has 37 heavy (non-hydrogen) atoms. The fraction of sp³-hybridized carbons (Fsp3) is 0.522. The molecule has 0 saturated carbocycles. The van der Waals surface area contributed by atoms with Crippen molar-refractivity contribution in [3.63, 3.8) is 0 Å². The second-order valence-electron chi connectivity index (χ2n) is 8.85. The zero-order valence-corrected chi connectivity index (χ0v) is 21.8. The first kappa shape index (κ1) is 28.7. The molecule has 6 atom stereocenters. The number of carbonyl (C=O) groups is 1. The predicted octanol–water partition coefficient (Wildman–Crippen LogP) is 1.96. The van der Waals surface area contributed by atoms with Crippen molar-refractivity contribution in [2.24, 2.45) is 0 Å². The molecule has 1 aromatic carbocycles. The first-order chi connectivity index (χ1) is 17.4. The molecule has 1 saturated heterocycles. The number of alkyl halides is 1. The van der Waals surface area contributed by atoms with Crippen LogP contribution in [0.1, 0.15) is 40.3 Å². The van der Waals surface area contributed by atoms with Crippen LogP contribution < -0.4 is 15.8 Å². The van der Waals surface area contributed by atoms with E-state index >= 15 is 4.39 Å². The zero-order valence-electron chi connectivity index (χ0n) is 20.8. The van der Waals surface area contributed by atoms with E-state index in [0.717, 1.165) is 28.6 Å². The molecule has 1 fully saturated rings. The number of aromatic nitrogens is 2. The fourth-order valence-corrected chi connectivity index (χ4v) is 4.91. The maximum Gasteiger partial charge on any atom is 0.331 e. The minimum Gasteiger partial charge on any atom is -0.462 e. The monoisotopic (exact) mass is 543 g/mol. The van der Waals surface area contributed by atoms with Crippen molar-refractivity contribution in [3.8, 4) is 5.75 Å². The van der Waals surface area contributed by atoms with Gasteiger partial charge in [-0.25, -0.2) is 9.18 Å². The summed E-state index contributed by atoms with van der Waals surface area (Å²) in [7, 11) is -3.25. The summed E-state index contributed by atoms with van der Waals surface area (Å²) in [5.41, 5.74) is -4.08. The van der Waals surface area contributed by atoms with Crippen LogP contribution in [-0.4, -0.2) is 62.1 Å². The van der Waals surface area contributed by atoms with E-state index in [4.69, 9.17) is 18.8 Å². The number of aliphatic hydroxyl groups is 1. The Labute approximate surface area is 212 Å². The Kier molecular flexibility index (Phi) is 9.43. The summed E-state index contributed by atoms with van der Waals surface area (Å²) in [5, 5.41) is 10.6. The van der Waals surface area contributed by atoms with Crippen LogP contribution in [0.25, 0.3) is 0 Å². The Morgan fingerprint density at radius 3 is 2.57 bits per heavy atom. The summed E-state index contributed by atoms with van der Waals surface area (Å²) in [6.45, 7) is 5.45. The van der Waals surface area contributed by atoms with E-state index in [1.807, 2.05) is 4.98 Å². The molecule has 1 aromatic heterocycles. The van der Waals surface area contributed by atoms with Crippen molar-refractivity contribution >= 4 is 14.1 Å². The van der Waals surface area contributed by atoms with Crippen molar-refractivity contribution in [3.05, 3.63) is 63.4 Å². The third-order valence-corrected chi connectivity index (χ3v) is 6.83. The molecule has 1 unspecified atom stereocenters. The van der Waals surface area contributed by atoms with Crippen LogP contribution in [0.15, 0.2) is 52.2 Å². The zero-order chi connectivity index (χ0) is 27.3. The van der Waals surface area contributed by atoms with Gasteiger partial charge < -0.3 is 19.1 Å². The summed E-state index contributed by atoms with van der Waals surface area (Å²) in [5.74, 6) is -0.452. The van der Waals surface area contributed by atoms with Crippen LogP contribution in [-0.2, 0) is 23.7 Å². The number of esters is 1. The second-order valence-corrected chi connectivity index (χ2v) is 10.0. The van der Waals surface area contributed by atoms with Crippen LogP contribution in [0.4, 0.5) is 4.39 Å². The molecule has 14 heteroatoms. The molecule has 2 aromatic rings. The lowest BCUT2D eigenvalue weighted by Crippen LogP contribution is -2.45. The number of rotatable bonds is 11. The first-order valence-corrected chi connectivity index (χ1v) is 13.0. The average molecular weight is 543 g/mol. The van der Waals surface area contributed by atoms with E-state index in [-0.39, 0.29) is 12.2 Å². The highest BCUT2D eigenvalue weighted by Gasteiger charge is 2.55. The van der Waals surface area contributed by atoms with Crippen molar-refractivity contribution in [2.75, 3.05) is 6.61 Å². The highest BCUT2D eigenvalue weighted by molar-refractivity contribution is 7.36. The lowest BCUT2D eigenvalue weighted by Gasteiger charge is -2.29. The second kappa shape index (κ2) is 12.1. The fourth-order valence-electron chi connectivity index (χ4n) is 3.76. The highest BCUT2D eigenvalue weighted by atomic mass is 31.1. The molecule has 0 radical (unpaired) electrons. The number of aromatic amines is 1. The van der Waals surface area contributed by atoms with E-state index in [1.165, 1.54) is 0 Å². The maximum absolute atomic E-state index is 15.5. The molecule has 1 aliphatic rings. The molecule has 0 aliphatic carbocycles. The summed E-state index contributed by atoms with van der Waals surface area (Å²) < 4.78 is 45.8. The molecule has 12 nitrogen and oxygen atoms in total. The highest BCUT2D eigenvalue weighted by Crippen LogP contribution is 2.41. The molecule has 2 N–H and O–H groups in total. The minimum atomic E-state index is -3.25. The molecule has 0 bridgehead atoms. The number of benzene rings is 1. The number of aliphatic hydroxyl groups excluding tert-OH is 1. The van der Waals surface area contributed by atoms with Gasteiger partial charge in [-0.2, -0.15) is 0 Å². The number of H-pyrrole nitrogens is 1. The Bertz CT molecular complexity index is 1200. The number of carbonyl (C=O) groups excluding carboxylic acids is 1. The number of hydrogen-bond donors (Lipinski definition) is 2. The Balaban J connectivity index is 1.83. The summed E-state index contributed by atoms with van der Waals surface area (Å²) in [6, 6.07) is 8.08. The first-order valence-electron chi connectivity index (χ1n) is 11.7. The largest absolute Gasteiger partial charge is 0.462 e. The molecule has 0 amide bonds. The summed E-state index contributed by atoms with van der Waals surface area (Å²) >= 11 is 0. The van der Waals surface area contributed by atoms with Gasteiger partial charge in [-0.1, -0.05) is 30.0 Å². The molecule has 2 heterocycles. The van der Waals surface area contributed by atoms with Crippen LogP contribution in [0, 0.1) is 0 Å². The van der Waals surface area contributed by atoms with E-state index in [0.29, 0.717) is 0 Å². The van der Waals surface area contributed by atoms with Gasteiger partial charge in [0.15, 0.2) is 11.9 Å². The SMILES string of the molecule is CC[C@@H](C(=O)OC(C)C)N(OC[C@H]1O[C@@H](n2ccc(=O)[nH]c2=O)[C@](C)(F)[C@@H]1O)[PH](=O)Oc1ccccc1. The third kappa shape index (κ3) is 6.74. The Morgan fingerprint density at radius 1 is 1.30 bits per heavy atom. The number of nitrogens with one attached hydrogen (secondary N) is 1. The van der Waals surface area contributed by atoms with Crippen LogP contribution in [0.2, 0.25) is 0 Å². The van der Waals surface area contributed by atoms with Crippen molar-refractivity contribution in [1.29, 1.82) is 0 Å². The van der Waals surface area contributed by atoms with Gasteiger partial charge in [0.05, 0.1) is 12.7 Å². The topological polar surface area (TPSA) is 149 Å². The third-order valence-electron chi connectivity index (χ3n) is 5.62. The number of hydrogen-bond acceptors (Lipinski definition) is 9. The van der Waals surface area contributed by atoms with Crippen molar-refractivity contribution in [2.45, 2.75) is 70.4 Å². The molecule has 3 rings (SSSR count). The van der Waals surface area contributed by atoms with Crippen LogP contribution in [0.3, 0.4) is 0 Å². The van der Waals surface area contributed by atoms with Gasteiger partial charge in [-0.05, 0) is 39.3 Å². The lowest BCUT2D eigenvalue weighted by molar-refractivity contribution is -0.185. The number of nitrogens with zero attached hydrogens (tertiary/aromatic N) is 2. The van der Waals surface area contributed by atoms with Gasteiger partial charge in [0.1, 0.15) is 24.0 Å². The van der Waals surface area contributed by atoms with E-state index in [1.54, 1.807) is 51.1 Å². The number of ether oxygens (including phenoxy) is 2. The maximum atomic E-state index is 15.5. The summed E-state index contributed by atoms with van der Waals surface area (Å²) in [4.78, 5) is 44.8. The smallest absolute Gasteiger partial charge is 0.331 e. The molecule has 204 valence electrons. The quantitative estimate of drug-likeness (QED) is 0.245. The normalized spacial score (nSPS) is 25.2. The number of halogens is 1. The van der Waals surface area contributed by atoms with Gasteiger partial charge in [0.25, 0.3) is 5.56 Å². The van der Waals surface area contributed by atoms with E-state index in [9.17, 15) is 24.1 Å². The number of para-hydroxylation sites is 1. The van der Waals surface area contributed by atoms with E-state index < -0.39 is 68.3 Å². The van der Waals surface area contributed by atoms with Gasteiger partial charge in [0.2, 0.25) is 0 Å². The van der Waals surface area contributed by atoms with Gasteiger partial charge in [0, 0.05) is 12.3 Å². The predicted molar refractivity (Wildman–Crippen MR) is 130 cm³/mol. The van der Waals surface area contributed by atoms with Crippen LogP contribution >= 0.6 is 8.18 Å². The molecule has 0 spiro atoms. The van der Waals surface area contributed by atoms with Crippen LogP contribution in [0.5, 0.6) is 5.75 Å². The average Bonchev–Trinajstić information content (AvgIpc) is 3.05. The minimum absolute atomic E-state index is 0.129. The lowest BCUT2D eigenvalue weighted by atomic mass is 9.98. The molecular formula is C23H31FN3O9P. The molecule has 1 aliphatic heterocycles. The standard InChI is InChI=1S/C23H31FN3O9P/c1-5-16(20(30)34-14(2)3)27(37(32)36-15-9-7-6-8-10-15)33-13-17-19(29)23(4,24)21(35-17)26-12-11-18(28)25-22(26)31/h6-12,14,16-17,19,21,29,37H,5,13H2,1-4H3,(H,25,28,31)/t16-,17+,19+,21+,23+/m0/s1. The van der Waals surface area contributed by atoms with E-state index in [2.05, 4.69) is 0 Å². The van der Waals surface area contributed by atoms with Gasteiger partial charge in [-0.3, -0.25) is 28.5 Å². The molecular weight excluding hydrogens is 512 g/mol. The van der Waals surface area contributed by atoms with Crippen molar-refractivity contribution in [1.82, 2.24) is 14.4 Å².